The van der Waals surface area contributed by atoms with Gasteiger partial charge in [-0.1, -0.05) is 13.3 Å². The summed E-state index contributed by atoms with van der Waals surface area (Å²) in [5.74, 6) is -0.454. The predicted molar refractivity (Wildman–Crippen MR) is 60.2 cm³/mol. The van der Waals surface area contributed by atoms with Gasteiger partial charge in [0.05, 0.1) is 24.3 Å². The van der Waals surface area contributed by atoms with Crippen molar-refractivity contribution in [2.24, 2.45) is 0 Å². The highest BCUT2D eigenvalue weighted by Crippen LogP contribution is 2.30. The van der Waals surface area contributed by atoms with Crippen molar-refractivity contribution >= 4 is 5.97 Å². The van der Waals surface area contributed by atoms with Gasteiger partial charge < -0.3 is 14.3 Å². The van der Waals surface area contributed by atoms with E-state index in [9.17, 15) is 4.79 Å². The summed E-state index contributed by atoms with van der Waals surface area (Å²) in [4.78, 5) is 15.3. The first-order valence-corrected chi connectivity index (χ1v) is 5.96. The molecule has 2 heterocycles. The van der Waals surface area contributed by atoms with Crippen molar-refractivity contribution in [2.45, 2.75) is 45.1 Å². The molecule has 94 valence electrons. The Balaban J connectivity index is 2.23. The maximum atomic E-state index is 11.0. The summed E-state index contributed by atoms with van der Waals surface area (Å²) in [5.41, 5.74) is 0.551. The second-order valence-corrected chi connectivity index (χ2v) is 4.46. The molecule has 0 saturated carbocycles. The fraction of sp³-hybridized carbons (Fsp3) is 0.667. The summed E-state index contributed by atoms with van der Waals surface area (Å²) in [5, 5.41) is 9.04. The molecule has 0 radical (unpaired) electrons. The number of aryl methyl sites for hydroxylation is 1. The quantitative estimate of drug-likeness (QED) is 0.872. The molecule has 1 fully saturated rings. The van der Waals surface area contributed by atoms with Crippen molar-refractivity contribution in [3.8, 4) is 0 Å². The standard InChI is InChI=1S/C12H17NO4/c1-3-4-9-10(12(14)15)17-11(13-9)8-5-7(2)16-6-8/h7-8H,3-6H2,1-2H3,(H,14,15). The number of aromatic nitrogens is 1. The molecule has 5 nitrogen and oxygen atoms in total. The van der Waals surface area contributed by atoms with E-state index >= 15 is 0 Å². The second kappa shape index (κ2) is 4.87. The third-order valence-electron chi connectivity index (χ3n) is 2.94. The maximum Gasteiger partial charge on any atom is 0.373 e. The van der Waals surface area contributed by atoms with Crippen LogP contribution < -0.4 is 0 Å². The van der Waals surface area contributed by atoms with E-state index in [1.807, 2.05) is 13.8 Å². The minimum atomic E-state index is -1.04. The Labute approximate surface area is 99.8 Å². The van der Waals surface area contributed by atoms with Crippen LogP contribution in [0.15, 0.2) is 4.42 Å². The van der Waals surface area contributed by atoms with Crippen LogP contribution in [0.2, 0.25) is 0 Å². The molecule has 0 aliphatic carbocycles. The normalized spacial score (nSPS) is 24.1. The number of ether oxygens (including phenoxy) is 1. The van der Waals surface area contributed by atoms with Crippen LogP contribution in [-0.2, 0) is 11.2 Å². The van der Waals surface area contributed by atoms with E-state index in [1.54, 1.807) is 0 Å². The van der Waals surface area contributed by atoms with E-state index in [2.05, 4.69) is 4.98 Å². The van der Waals surface area contributed by atoms with Gasteiger partial charge in [-0.3, -0.25) is 0 Å². The number of oxazole rings is 1. The van der Waals surface area contributed by atoms with Crippen LogP contribution in [0.3, 0.4) is 0 Å². The Morgan fingerprint density at radius 2 is 2.35 bits per heavy atom. The number of carboxylic acids is 1. The summed E-state index contributed by atoms with van der Waals surface area (Å²) < 4.78 is 10.8. The minimum Gasteiger partial charge on any atom is -0.475 e. The van der Waals surface area contributed by atoms with Crippen molar-refractivity contribution < 1.29 is 19.1 Å². The zero-order valence-electron chi connectivity index (χ0n) is 10.1. The first-order valence-electron chi connectivity index (χ1n) is 5.96. The van der Waals surface area contributed by atoms with Crippen molar-refractivity contribution in [2.75, 3.05) is 6.61 Å². The zero-order valence-corrected chi connectivity index (χ0v) is 10.1. The number of hydrogen-bond donors (Lipinski definition) is 1. The predicted octanol–water partition coefficient (Wildman–Crippen LogP) is 2.22. The summed E-state index contributed by atoms with van der Waals surface area (Å²) >= 11 is 0. The van der Waals surface area contributed by atoms with Crippen LogP contribution in [-0.4, -0.2) is 28.8 Å². The van der Waals surface area contributed by atoms with Gasteiger partial charge in [-0.05, 0) is 19.8 Å². The first-order chi connectivity index (χ1) is 8.11. The molecule has 1 aromatic heterocycles. The summed E-state index contributed by atoms with van der Waals surface area (Å²) in [7, 11) is 0. The lowest BCUT2D eigenvalue weighted by Crippen LogP contribution is -1.99. The van der Waals surface area contributed by atoms with Gasteiger partial charge in [0, 0.05) is 0 Å². The highest BCUT2D eigenvalue weighted by atomic mass is 16.5. The van der Waals surface area contributed by atoms with Crippen LogP contribution in [0, 0.1) is 0 Å². The lowest BCUT2D eigenvalue weighted by molar-refractivity contribution is 0.0657. The highest BCUT2D eigenvalue weighted by Gasteiger charge is 2.30. The zero-order chi connectivity index (χ0) is 12.4. The molecule has 2 unspecified atom stereocenters. The maximum absolute atomic E-state index is 11.0. The van der Waals surface area contributed by atoms with Gasteiger partial charge in [0.15, 0.2) is 0 Å². The summed E-state index contributed by atoms with van der Waals surface area (Å²) in [6.45, 7) is 4.54. The monoisotopic (exact) mass is 239 g/mol. The number of rotatable bonds is 4. The molecule has 1 saturated heterocycles. The molecule has 0 spiro atoms. The first kappa shape index (κ1) is 12.1. The SMILES string of the molecule is CCCc1nc(C2COC(C)C2)oc1C(=O)O. The van der Waals surface area contributed by atoms with E-state index in [0.29, 0.717) is 24.6 Å². The molecule has 1 aliphatic heterocycles. The van der Waals surface area contributed by atoms with Crippen LogP contribution in [0.5, 0.6) is 0 Å². The average molecular weight is 239 g/mol. The smallest absolute Gasteiger partial charge is 0.373 e. The summed E-state index contributed by atoms with van der Waals surface area (Å²) in [6.07, 6.45) is 2.51. The molecule has 2 rings (SSSR count). The molecule has 1 N–H and O–H groups in total. The molecule has 2 atom stereocenters. The summed E-state index contributed by atoms with van der Waals surface area (Å²) in [6, 6.07) is 0. The topological polar surface area (TPSA) is 72.6 Å². The van der Waals surface area contributed by atoms with Gasteiger partial charge in [-0.25, -0.2) is 9.78 Å². The Kier molecular flexibility index (Phi) is 3.47. The van der Waals surface area contributed by atoms with Crippen molar-refractivity contribution in [3.63, 3.8) is 0 Å². The molecule has 1 aliphatic rings. The molecule has 17 heavy (non-hydrogen) atoms. The Morgan fingerprint density at radius 1 is 1.59 bits per heavy atom. The molecule has 0 bridgehead atoms. The van der Waals surface area contributed by atoms with Crippen LogP contribution in [0.4, 0.5) is 0 Å². The Morgan fingerprint density at radius 3 is 2.88 bits per heavy atom. The number of carbonyl (C=O) groups is 1. The van der Waals surface area contributed by atoms with Gasteiger partial charge in [0.25, 0.3) is 0 Å². The molecule has 5 heteroatoms. The van der Waals surface area contributed by atoms with Crippen molar-refractivity contribution in [1.29, 1.82) is 0 Å². The number of aromatic carboxylic acids is 1. The molecule has 0 aromatic carbocycles. The van der Waals surface area contributed by atoms with Crippen LogP contribution in [0.1, 0.15) is 54.7 Å². The van der Waals surface area contributed by atoms with E-state index in [1.165, 1.54) is 0 Å². The Hall–Kier alpha value is -1.36. The van der Waals surface area contributed by atoms with E-state index in [0.717, 1.165) is 12.8 Å². The second-order valence-electron chi connectivity index (χ2n) is 4.46. The van der Waals surface area contributed by atoms with Gasteiger partial charge >= 0.3 is 5.97 Å². The largest absolute Gasteiger partial charge is 0.475 e. The molecule has 0 amide bonds. The minimum absolute atomic E-state index is 0.0126. The number of carboxylic acid groups (broad SMARTS) is 1. The number of nitrogens with zero attached hydrogens (tertiary/aromatic N) is 1. The highest BCUT2D eigenvalue weighted by molar-refractivity contribution is 5.85. The van der Waals surface area contributed by atoms with Gasteiger partial charge in [0.2, 0.25) is 11.7 Å². The molecular weight excluding hydrogens is 222 g/mol. The fourth-order valence-corrected chi connectivity index (χ4v) is 2.11. The van der Waals surface area contributed by atoms with Gasteiger partial charge in [-0.15, -0.1) is 0 Å². The van der Waals surface area contributed by atoms with Gasteiger partial charge in [0.1, 0.15) is 0 Å². The van der Waals surface area contributed by atoms with Crippen molar-refractivity contribution in [1.82, 2.24) is 4.98 Å². The average Bonchev–Trinajstić information content (AvgIpc) is 2.85. The van der Waals surface area contributed by atoms with E-state index in [-0.39, 0.29) is 17.8 Å². The van der Waals surface area contributed by atoms with Gasteiger partial charge in [-0.2, -0.15) is 0 Å². The van der Waals surface area contributed by atoms with E-state index in [4.69, 9.17) is 14.3 Å². The van der Waals surface area contributed by atoms with Crippen LogP contribution in [0.25, 0.3) is 0 Å². The third-order valence-corrected chi connectivity index (χ3v) is 2.94. The molecule has 1 aromatic rings. The van der Waals surface area contributed by atoms with Crippen molar-refractivity contribution in [3.05, 3.63) is 17.3 Å². The fourth-order valence-electron chi connectivity index (χ4n) is 2.11. The molecular formula is C12H17NO4. The Bertz CT molecular complexity index is 413. The lowest BCUT2D eigenvalue weighted by Gasteiger charge is -1.99. The van der Waals surface area contributed by atoms with E-state index < -0.39 is 5.97 Å². The van der Waals surface area contributed by atoms with Crippen LogP contribution >= 0.6 is 0 Å². The number of hydrogen-bond acceptors (Lipinski definition) is 4. The third kappa shape index (κ3) is 2.49. The lowest BCUT2D eigenvalue weighted by atomic mass is 10.1.